The van der Waals surface area contributed by atoms with Crippen LogP contribution in [0.3, 0.4) is 0 Å². The van der Waals surface area contributed by atoms with Crippen molar-refractivity contribution in [2.45, 2.75) is 0 Å². The van der Waals surface area contributed by atoms with Gasteiger partial charge < -0.3 is 0 Å². The maximum absolute atomic E-state index is 4.02. The van der Waals surface area contributed by atoms with Crippen molar-refractivity contribution >= 4 is 15.9 Å². The third-order valence-corrected chi connectivity index (χ3v) is 2.10. The number of hydrogen-bond acceptors (Lipinski definition) is 1. The van der Waals surface area contributed by atoms with Gasteiger partial charge in [0.25, 0.3) is 0 Å². The Morgan fingerprint density at radius 2 is 2.00 bits per heavy atom. The van der Waals surface area contributed by atoms with E-state index in [9.17, 15) is 0 Å². The number of rotatable bonds is 1. The lowest BCUT2D eigenvalue weighted by Crippen LogP contribution is -1.76. The number of aromatic amines is 1. The second kappa shape index (κ2) is 3.11. The molecule has 1 aromatic carbocycles. The third-order valence-electron chi connectivity index (χ3n) is 1.57. The summed E-state index contributed by atoms with van der Waals surface area (Å²) in [5.74, 6) is 0. The molecule has 2 aromatic rings. The van der Waals surface area contributed by atoms with Crippen LogP contribution in [-0.4, -0.2) is 10.2 Å². The Labute approximate surface area is 78.8 Å². The molecular formula is C9H6BrN2. The molecule has 0 spiro atoms. The molecule has 0 atom stereocenters. The summed E-state index contributed by atoms with van der Waals surface area (Å²) in [4.78, 5) is 0. The Kier molecular flexibility index (Phi) is 1.96. The summed E-state index contributed by atoms with van der Waals surface area (Å²) in [5.41, 5.74) is 1.92. The summed E-state index contributed by atoms with van der Waals surface area (Å²) in [6.45, 7) is 0. The zero-order valence-corrected chi connectivity index (χ0v) is 7.80. The van der Waals surface area contributed by atoms with E-state index in [2.05, 4.69) is 32.2 Å². The molecule has 59 valence electrons. The maximum atomic E-state index is 4.02. The predicted octanol–water partition coefficient (Wildman–Crippen LogP) is 2.64. The van der Waals surface area contributed by atoms with Crippen LogP contribution in [0.5, 0.6) is 0 Å². The van der Waals surface area contributed by atoms with E-state index in [0.717, 1.165) is 15.7 Å². The van der Waals surface area contributed by atoms with Crippen LogP contribution in [0.2, 0.25) is 0 Å². The van der Waals surface area contributed by atoms with E-state index < -0.39 is 0 Å². The first-order chi connectivity index (χ1) is 5.86. The first kappa shape index (κ1) is 7.55. The van der Waals surface area contributed by atoms with E-state index >= 15 is 0 Å². The third kappa shape index (κ3) is 1.41. The standard InChI is InChI=1S/C9H6BrN2/c10-8-3-1-7(2-4-8)9-5-6-11-12-9/h1-4,6H,(H,11,12). The SMILES string of the molecule is Brc1ccc(-c2[c]c[nH]n2)cc1. The lowest BCUT2D eigenvalue weighted by molar-refractivity contribution is 1.10. The lowest BCUT2D eigenvalue weighted by atomic mass is 10.2. The highest BCUT2D eigenvalue weighted by Gasteiger charge is 1.97. The van der Waals surface area contributed by atoms with Gasteiger partial charge in [0.2, 0.25) is 0 Å². The van der Waals surface area contributed by atoms with Crippen molar-refractivity contribution in [1.82, 2.24) is 10.2 Å². The lowest BCUT2D eigenvalue weighted by Gasteiger charge is -1.94. The van der Waals surface area contributed by atoms with E-state index in [1.54, 1.807) is 6.20 Å². The van der Waals surface area contributed by atoms with E-state index in [0.29, 0.717) is 0 Å². The van der Waals surface area contributed by atoms with E-state index in [4.69, 9.17) is 0 Å². The minimum Gasteiger partial charge on any atom is -0.284 e. The fourth-order valence-corrected chi connectivity index (χ4v) is 1.25. The van der Waals surface area contributed by atoms with Crippen molar-refractivity contribution in [3.05, 3.63) is 41.0 Å². The van der Waals surface area contributed by atoms with Crippen LogP contribution in [0.4, 0.5) is 0 Å². The molecule has 0 bridgehead atoms. The summed E-state index contributed by atoms with van der Waals surface area (Å²) in [6.07, 6.45) is 1.69. The average Bonchev–Trinajstić information content (AvgIpc) is 2.58. The highest BCUT2D eigenvalue weighted by molar-refractivity contribution is 9.10. The molecule has 0 amide bonds. The highest BCUT2D eigenvalue weighted by Crippen LogP contribution is 2.18. The molecule has 1 radical (unpaired) electrons. The molecule has 1 aromatic heterocycles. The van der Waals surface area contributed by atoms with E-state index in [-0.39, 0.29) is 0 Å². The number of nitrogens with zero attached hydrogens (tertiary/aromatic N) is 1. The summed E-state index contributed by atoms with van der Waals surface area (Å²) in [6, 6.07) is 11.0. The van der Waals surface area contributed by atoms with Gasteiger partial charge in [-0.3, -0.25) is 5.10 Å². The zero-order valence-electron chi connectivity index (χ0n) is 6.21. The summed E-state index contributed by atoms with van der Waals surface area (Å²) in [5, 5.41) is 6.75. The Morgan fingerprint density at radius 3 is 2.58 bits per heavy atom. The van der Waals surface area contributed by atoms with E-state index in [1.807, 2.05) is 24.3 Å². The fraction of sp³-hybridized carbons (Fsp3) is 0. The predicted molar refractivity (Wildman–Crippen MR) is 50.6 cm³/mol. The van der Waals surface area contributed by atoms with Crippen LogP contribution in [-0.2, 0) is 0 Å². The Balaban J connectivity index is 2.43. The molecule has 2 nitrogen and oxygen atoms in total. The van der Waals surface area contributed by atoms with Gasteiger partial charge in [0.1, 0.15) is 0 Å². The molecule has 0 unspecified atom stereocenters. The summed E-state index contributed by atoms with van der Waals surface area (Å²) >= 11 is 3.37. The zero-order chi connectivity index (χ0) is 8.39. The van der Waals surface area contributed by atoms with Gasteiger partial charge in [-0.05, 0) is 12.1 Å². The number of aromatic nitrogens is 2. The van der Waals surface area contributed by atoms with Crippen molar-refractivity contribution < 1.29 is 0 Å². The van der Waals surface area contributed by atoms with Gasteiger partial charge in [-0.15, -0.1) is 0 Å². The molecule has 0 saturated heterocycles. The van der Waals surface area contributed by atoms with Crippen LogP contribution < -0.4 is 0 Å². The monoisotopic (exact) mass is 221 g/mol. The fourth-order valence-electron chi connectivity index (χ4n) is 0.985. The van der Waals surface area contributed by atoms with Gasteiger partial charge in [0.05, 0.1) is 5.69 Å². The largest absolute Gasteiger partial charge is 0.284 e. The molecular weight excluding hydrogens is 216 g/mol. The van der Waals surface area contributed by atoms with Crippen molar-refractivity contribution in [3.63, 3.8) is 0 Å². The van der Waals surface area contributed by atoms with Crippen molar-refractivity contribution in [2.75, 3.05) is 0 Å². The first-order valence-corrected chi connectivity index (χ1v) is 4.33. The van der Waals surface area contributed by atoms with Gasteiger partial charge >= 0.3 is 0 Å². The topological polar surface area (TPSA) is 28.7 Å². The van der Waals surface area contributed by atoms with Crippen molar-refractivity contribution in [3.8, 4) is 11.3 Å². The smallest absolute Gasteiger partial charge is 0.1000 e. The second-order valence-corrected chi connectivity index (χ2v) is 3.30. The highest BCUT2D eigenvalue weighted by atomic mass is 79.9. The van der Waals surface area contributed by atoms with Crippen molar-refractivity contribution in [1.29, 1.82) is 0 Å². The minimum absolute atomic E-state index is 0.850. The summed E-state index contributed by atoms with van der Waals surface area (Å²) in [7, 11) is 0. The van der Waals surface area contributed by atoms with Gasteiger partial charge in [-0.25, -0.2) is 0 Å². The summed E-state index contributed by atoms with van der Waals surface area (Å²) < 4.78 is 1.07. The van der Waals surface area contributed by atoms with Gasteiger partial charge in [0, 0.05) is 22.3 Å². The van der Waals surface area contributed by atoms with E-state index in [1.165, 1.54) is 0 Å². The molecule has 0 aliphatic rings. The average molecular weight is 222 g/mol. The van der Waals surface area contributed by atoms with Crippen LogP contribution in [0, 0.1) is 6.07 Å². The molecule has 0 aliphatic heterocycles. The number of halogens is 1. The Bertz CT molecular complexity index is 351. The maximum Gasteiger partial charge on any atom is 0.1000 e. The molecule has 0 saturated carbocycles. The van der Waals surface area contributed by atoms with Crippen LogP contribution in [0.1, 0.15) is 0 Å². The van der Waals surface area contributed by atoms with Crippen molar-refractivity contribution in [2.24, 2.45) is 0 Å². The second-order valence-electron chi connectivity index (χ2n) is 2.39. The number of H-pyrrole nitrogens is 1. The molecule has 0 aliphatic carbocycles. The molecule has 12 heavy (non-hydrogen) atoms. The normalized spacial score (nSPS) is 10.1. The Morgan fingerprint density at radius 1 is 1.25 bits per heavy atom. The number of benzene rings is 1. The van der Waals surface area contributed by atoms with Gasteiger partial charge in [-0.2, -0.15) is 5.10 Å². The molecule has 1 N–H and O–H groups in total. The van der Waals surface area contributed by atoms with Gasteiger partial charge in [-0.1, -0.05) is 28.1 Å². The molecule has 2 rings (SSSR count). The van der Waals surface area contributed by atoms with Gasteiger partial charge in [0.15, 0.2) is 0 Å². The minimum atomic E-state index is 0.850. The first-order valence-electron chi connectivity index (χ1n) is 3.53. The molecule has 1 heterocycles. The number of nitrogens with one attached hydrogen (secondary N) is 1. The number of hydrogen-bond donors (Lipinski definition) is 1. The molecule has 0 fully saturated rings. The Hall–Kier alpha value is -1.09. The van der Waals surface area contributed by atoms with Crippen LogP contribution in [0.15, 0.2) is 34.9 Å². The quantitative estimate of drug-likeness (QED) is 0.789. The van der Waals surface area contributed by atoms with Crippen LogP contribution in [0.25, 0.3) is 11.3 Å². The molecule has 3 heteroatoms. The van der Waals surface area contributed by atoms with Crippen LogP contribution >= 0.6 is 15.9 Å².